The molecule has 1 fully saturated rings. The second-order valence-electron chi connectivity index (χ2n) is 5.63. The molecule has 104 valence electrons. The van der Waals surface area contributed by atoms with Gasteiger partial charge in [-0.2, -0.15) is 0 Å². The van der Waals surface area contributed by atoms with Gasteiger partial charge in [0.05, 0.1) is 5.69 Å². The molecule has 1 aliphatic carbocycles. The predicted molar refractivity (Wildman–Crippen MR) is 74.4 cm³/mol. The maximum Gasteiger partial charge on any atom is 0.226 e. The van der Waals surface area contributed by atoms with Crippen LogP contribution in [0.4, 0.5) is 10.1 Å². The number of aryl methyl sites for hydroxylation is 1. The Morgan fingerprint density at radius 3 is 2.68 bits per heavy atom. The smallest absolute Gasteiger partial charge is 0.226 e. The summed E-state index contributed by atoms with van der Waals surface area (Å²) in [5.41, 5.74) is 6.87. The number of nitrogens with one attached hydrogen (secondary N) is 1. The van der Waals surface area contributed by atoms with Crippen LogP contribution in [0.25, 0.3) is 0 Å². The maximum atomic E-state index is 13.6. The number of halogens is 1. The van der Waals surface area contributed by atoms with Crippen LogP contribution in [-0.4, -0.2) is 11.4 Å². The van der Waals surface area contributed by atoms with Crippen molar-refractivity contribution in [2.75, 3.05) is 5.32 Å². The molecule has 1 aromatic rings. The van der Waals surface area contributed by atoms with Gasteiger partial charge in [0.15, 0.2) is 0 Å². The maximum absolute atomic E-state index is 13.6. The van der Waals surface area contributed by atoms with E-state index in [9.17, 15) is 9.18 Å². The van der Waals surface area contributed by atoms with E-state index in [1.165, 1.54) is 12.5 Å². The Morgan fingerprint density at radius 1 is 1.37 bits per heavy atom. The first-order valence-corrected chi connectivity index (χ1v) is 6.83. The second-order valence-corrected chi connectivity index (χ2v) is 5.63. The molecule has 4 heteroatoms. The van der Waals surface area contributed by atoms with Gasteiger partial charge in [0.2, 0.25) is 5.91 Å². The van der Waals surface area contributed by atoms with E-state index in [0.29, 0.717) is 0 Å². The van der Waals surface area contributed by atoms with Crippen molar-refractivity contribution < 1.29 is 9.18 Å². The van der Waals surface area contributed by atoms with Crippen LogP contribution in [0.2, 0.25) is 0 Å². The zero-order valence-electron chi connectivity index (χ0n) is 11.3. The third-order valence-electron chi connectivity index (χ3n) is 3.76. The van der Waals surface area contributed by atoms with Crippen LogP contribution in [0.3, 0.4) is 0 Å². The third-order valence-corrected chi connectivity index (χ3v) is 3.76. The Kier molecular flexibility index (Phi) is 4.20. The molecule has 0 radical (unpaired) electrons. The van der Waals surface area contributed by atoms with Crippen LogP contribution in [-0.2, 0) is 4.79 Å². The third kappa shape index (κ3) is 3.77. The van der Waals surface area contributed by atoms with Crippen molar-refractivity contribution >= 4 is 11.6 Å². The number of amides is 1. The standard InChI is InChI=1S/C15H21FN2O/c1-11-5-6-13(12(16)9-11)18-14(19)10-15(17)7-3-2-4-8-15/h5-6,9H,2-4,7-8,10,17H2,1H3,(H,18,19). The van der Waals surface area contributed by atoms with E-state index in [1.54, 1.807) is 12.1 Å². The normalized spacial score (nSPS) is 18.1. The highest BCUT2D eigenvalue weighted by molar-refractivity contribution is 5.91. The van der Waals surface area contributed by atoms with Gasteiger partial charge >= 0.3 is 0 Å². The highest BCUT2D eigenvalue weighted by atomic mass is 19.1. The first-order valence-electron chi connectivity index (χ1n) is 6.83. The number of carbonyl (C=O) groups excluding carboxylic acids is 1. The van der Waals surface area contributed by atoms with Gasteiger partial charge in [-0.15, -0.1) is 0 Å². The number of hydrogen-bond donors (Lipinski definition) is 2. The lowest BCUT2D eigenvalue weighted by Gasteiger charge is -2.32. The lowest BCUT2D eigenvalue weighted by molar-refractivity contribution is -0.117. The molecule has 0 aromatic heterocycles. The van der Waals surface area contributed by atoms with E-state index in [4.69, 9.17) is 5.73 Å². The van der Waals surface area contributed by atoms with E-state index in [0.717, 1.165) is 31.2 Å². The molecule has 3 N–H and O–H groups in total. The molecule has 1 saturated carbocycles. The molecule has 1 aromatic carbocycles. The fourth-order valence-corrected chi connectivity index (χ4v) is 2.67. The van der Waals surface area contributed by atoms with Crippen molar-refractivity contribution in [1.82, 2.24) is 0 Å². The average molecular weight is 264 g/mol. The van der Waals surface area contributed by atoms with E-state index >= 15 is 0 Å². The summed E-state index contributed by atoms with van der Waals surface area (Å²) >= 11 is 0. The van der Waals surface area contributed by atoms with Gasteiger partial charge in [-0.05, 0) is 37.5 Å². The summed E-state index contributed by atoms with van der Waals surface area (Å²) in [7, 11) is 0. The monoisotopic (exact) mass is 264 g/mol. The Hall–Kier alpha value is -1.42. The van der Waals surface area contributed by atoms with Crippen molar-refractivity contribution in [3.05, 3.63) is 29.6 Å². The molecule has 0 aliphatic heterocycles. The van der Waals surface area contributed by atoms with Gasteiger partial charge in [-0.1, -0.05) is 25.3 Å². The largest absolute Gasteiger partial charge is 0.325 e. The first kappa shape index (κ1) is 14.0. The molecule has 0 heterocycles. The highest BCUT2D eigenvalue weighted by Gasteiger charge is 2.30. The molecular weight excluding hydrogens is 243 g/mol. The predicted octanol–water partition coefficient (Wildman–Crippen LogP) is 3.12. The second kappa shape index (κ2) is 5.70. The Balaban J connectivity index is 1.97. The van der Waals surface area contributed by atoms with Crippen LogP contribution in [0.1, 0.15) is 44.1 Å². The van der Waals surface area contributed by atoms with Gasteiger partial charge in [-0.25, -0.2) is 4.39 Å². The molecule has 2 rings (SSSR count). The van der Waals surface area contributed by atoms with Crippen molar-refractivity contribution in [2.45, 2.75) is 51.0 Å². The number of carbonyl (C=O) groups is 1. The zero-order chi connectivity index (χ0) is 13.9. The molecular formula is C15H21FN2O. The fourth-order valence-electron chi connectivity index (χ4n) is 2.67. The summed E-state index contributed by atoms with van der Waals surface area (Å²) in [6, 6.07) is 4.78. The lowest BCUT2D eigenvalue weighted by atomic mass is 9.80. The Morgan fingerprint density at radius 2 is 2.05 bits per heavy atom. The average Bonchev–Trinajstić information content (AvgIpc) is 2.33. The van der Waals surface area contributed by atoms with Crippen LogP contribution < -0.4 is 11.1 Å². The van der Waals surface area contributed by atoms with Crippen LogP contribution in [0.15, 0.2) is 18.2 Å². The number of hydrogen-bond acceptors (Lipinski definition) is 2. The number of rotatable bonds is 3. The zero-order valence-corrected chi connectivity index (χ0v) is 11.3. The molecule has 19 heavy (non-hydrogen) atoms. The molecule has 1 aliphatic rings. The molecule has 0 bridgehead atoms. The lowest BCUT2D eigenvalue weighted by Crippen LogP contribution is -2.44. The fraction of sp³-hybridized carbons (Fsp3) is 0.533. The minimum Gasteiger partial charge on any atom is -0.325 e. The molecule has 0 atom stereocenters. The SMILES string of the molecule is Cc1ccc(NC(=O)CC2(N)CCCCC2)c(F)c1. The first-order chi connectivity index (χ1) is 8.98. The van der Waals surface area contributed by atoms with Gasteiger partial charge in [-0.3, -0.25) is 4.79 Å². The van der Waals surface area contributed by atoms with Crippen LogP contribution >= 0.6 is 0 Å². The van der Waals surface area contributed by atoms with Gasteiger partial charge in [0.1, 0.15) is 5.82 Å². The number of nitrogens with two attached hydrogens (primary N) is 1. The van der Waals surface area contributed by atoms with Crippen LogP contribution in [0.5, 0.6) is 0 Å². The quantitative estimate of drug-likeness (QED) is 0.881. The summed E-state index contributed by atoms with van der Waals surface area (Å²) < 4.78 is 13.6. The van der Waals surface area contributed by atoms with E-state index in [2.05, 4.69) is 5.32 Å². The molecule has 0 saturated heterocycles. The van der Waals surface area contributed by atoms with Gasteiger partial charge in [0, 0.05) is 12.0 Å². The van der Waals surface area contributed by atoms with E-state index < -0.39 is 11.4 Å². The minimum atomic E-state index is -0.413. The minimum absolute atomic E-state index is 0.202. The molecule has 3 nitrogen and oxygen atoms in total. The van der Waals surface area contributed by atoms with Crippen molar-refractivity contribution in [2.24, 2.45) is 5.73 Å². The number of anilines is 1. The van der Waals surface area contributed by atoms with Crippen molar-refractivity contribution in [1.29, 1.82) is 0 Å². The van der Waals surface area contributed by atoms with Gasteiger partial charge in [0.25, 0.3) is 0 Å². The molecule has 0 unspecified atom stereocenters. The summed E-state index contributed by atoms with van der Waals surface area (Å²) in [6.07, 6.45) is 5.34. The molecule has 0 spiro atoms. The summed E-state index contributed by atoms with van der Waals surface area (Å²) in [5, 5.41) is 2.62. The summed E-state index contributed by atoms with van der Waals surface area (Å²) in [5.74, 6) is -0.602. The van der Waals surface area contributed by atoms with E-state index in [-0.39, 0.29) is 18.0 Å². The van der Waals surface area contributed by atoms with Gasteiger partial charge < -0.3 is 11.1 Å². The topological polar surface area (TPSA) is 55.1 Å². The Bertz CT molecular complexity index is 467. The Labute approximate surface area is 113 Å². The van der Waals surface area contributed by atoms with E-state index in [1.807, 2.05) is 6.92 Å². The van der Waals surface area contributed by atoms with Crippen LogP contribution in [0, 0.1) is 12.7 Å². The molecule has 1 amide bonds. The van der Waals surface area contributed by atoms with Crippen molar-refractivity contribution in [3.63, 3.8) is 0 Å². The number of benzene rings is 1. The summed E-state index contributed by atoms with van der Waals surface area (Å²) in [6.45, 7) is 1.81. The highest BCUT2D eigenvalue weighted by Crippen LogP contribution is 2.29. The van der Waals surface area contributed by atoms with Crippen molar-refractivity contribution in [3.8, 4) is 0 Å². The summed E-state index contributed by atoms with van der Waals surface area (Å²) in [4.78, 5) is 12.0.